The molecule has 2 aromatic heterocycles. The Labute approximate surface area is 372 Å². The number of hydrogen-bond donors (Lipinski definition) is 0. The summed E-state index contributed by atoms with van der Waals surface area (Å²) >= 11 is 0. The van der Waals surface area contributed by atoms with Crippen molar-refractivity contribution >= 4 is 70.8 Å². The van der Waals surface area contributed by atoms with Gasteiger partial charge >= 0.3 is 15.6 Å². The Morgan fingerprint density at radius 2 is 0.738 bits per heavy atom. The summed E-state index contributed by atoms with van der Waals surface area (Å²) in [6.45, 7) is 0. The van der Waals surface area contributed by atoms with Crippen molar-refractivity contribution in [1.82, 2.24) is 9.13 Å². The Kier molecular flexibility index (Phi) is 9.55. The van der Waals surface area contributed by atoms with Gasteiger partial charge in [0.05, 0.1) is 22.1 Å². The van der Waals surface area contributed by atoms with Gasteiger partial charge in [0.1, 0.15) is 5.75 Å². The van der Waals surface area contributed by atoms with Gasteiger partial charge in [-0.15, -0.1) is 0 Å². The van der Waals surface area contributed by atoms with Crippen LogP contribution in [0.3, 0.4) is 0 Å². The van der Waals surface area contributed by atoms with Crippen molar-refractivity contribution in [2.45, 2.75) is 5.51 Å². The van der Waals surface area contributed by atoms with E-state index < -0.39 is 21.4 Å². The first-order chi connectivity index (χ1) is 31.6. The van der Waals surface area contributed by atoms with E-state index in [-0.39, 0.29) is 0 Å². The third-order valence-corrected chi connectivity index (χ3v) is 12.9. The van der Waals surface area contributed by atoms with E-state index in [1.807, 2.05) is 89.8 Å². The molecule has 11 rings (SSSR count). The molecule has 316 valence electrons. The lowest BCUT2D eigenvalue weighted by Crippen LogP contribution is -2.28. The maximum atomic E-state index is 13.2. The average Bonchev–Trinajstić information content (AvgIpc) is 3.85. The molecule has 0 fully saturated rings. The monoisotopic (exact) mass is 875 g/mol. The van der Waals surface area contributed by atoms with Gasteiger partial charge in [-0.05, 0) is 131 Å². The van der Waals surface area contributed by atoms with Crippen LogP contribution in [-0.2, 0) is 10.1 Å². The van der Waals surface area contributed by atoms with Crippen LogP contribution in [0.5, 0.6) is 5.75 Å². The molecule has 6 nitrogen and oxygen atoms in total. The van der Waals surface area contributed by atoms with Crippen LogP contribution in [0.1, 0.15) is 0 Å². The molecule has 0 aliphatic rings. The molecule has 0 radical (unpaired) electrons. The first-order valence-electron chi connectivity index (χ1n) is 20.9. The number of nitrogens with zero attached hydrogens (tertiary/aromatic N) is 3. The Hall–Kier alpha value is -8.08. The maximum absolute atomic E-state index is 13.2. The predicted octanol–water partition coefficient (Wildman–Crippen LogP) is 14.9. The minimum atomic E-state index is -5.84. The summed E-state index contributed by atoms with van der Waals surface area (Å²) in [5.41, 5.74) is 7.21. The van der Waals surface area contributed by atoms with Crippen molar-refractivity contribution in [3.63, 3.8) is 0 Å². The molecule has 0 spiro atoms. The van der Waals surface area contributed by atoms with Crippen LogP contribution in [0.25, 0.3) is 77.2 Å². The zero-order valence-electron chi connectivity index (χ0n) is 34.4. The van der Waals surface area contributed by atoms with Gasteiger partial charge in [-0.2, -0.15) is 21.6 Å². The normalized spacial score (nSPS) is 12.0. The highest BCUT2D eigenvalue weighted by atomic mass is 32.2. The second kappa shape index (κ2) is 15.6. The number of alkyl halides is 3. The first-order valence-corrected chi connectivity index (χ1v) is 22.3. The van der Waals surface area contributed by atoms with Crippen LogP contribution in [0.2, 0.25) is 0 Å². The number of hydrogen-bond acceptors (Lipinski definition) is 4. The molecule has 0 amide bonds. The molecule has 0 N–H and O–H groups in total. The quantitative estimate of drug-likeness (QED) is 0.107. The zero-order chi connectivity index (χ0) is 44.3. The Bertz CT molecular complexity index is 3460. The average molecular weight is 876 g/mol. The minimum Gasteiger partial charge on any atom is -0.376 e. The third-order valence-electron chi connectivity index (χ3n) is 11.9. The molecule has 10 heteroatoms. The molecule has 0 saturated heterocycles. The smallest absolute Gasteiger partial charge is 0.376 e. The highest BCUT2D eigenvalue weighted by Gasteiger charge is 2.48. The Morgan fingerprint density at radius 1 is 0.385 bits per heavy atom. The maximum Gasteiger partial charge on any atom is 0.534 e. The molecule has 0 bridgehead atoms. The molecule has 0 atom stereocenters. The lowest BCUT2D eigenvalue weighted by molar-refractivity contribution is -0.0500. The number of fused-ring (bicyclic) bond motifs is 6. The highest BCUT2D eigenvalue weighted by molar-refractivity contribution is 7.88. The number of benzene rings is 9. The number of aromatic nitrogens is 2. The van der Waals surface area contributed by atoms with E-state index in [0.717, 1.165) is 88.6 Å². The van der Waals surface area contributed by atoms with E-state index >= 15 is 0 Å². The molecule has 9 aromatic carbocycles. The van der Waals surface area contributed by atoms with E-state index in [2.05, 4.69) is 123 Å². The van der Waals surface area contributed by atoms with Gasteiger partial charge in [0.15, 0.2) is 0 Å². The molecule has 2 heterocycles. The molecule has 0 aliphatic carbocycles. The molecule has 65 heavy (non-hydrogen) atoms. The largest absolute Gasteiger partial charge is 0.534 e. The van der Waals surface area contributed by atoms with Gasteiger partial charge in [-0.3, -0.25) is 0 Å². The van der Waals surface area contributed by atoms with Crippen LogP contribution in [-0.4, -0.2) is 23.1 Å². The van der Waals surface area contributed by atoms with Crippen LogP contribution >= 0.6 is 0 Å². The second-order valence-electron chi connectivity index (χ2n) is 15.7. The summed E-state index contributed by atoms with van der Waals surface area (Å²) in [4.78, 5) is 1.96. The predicted molar refractivity (Wildman–Crippen MR) is 256 cm³/mol. The molecular weight excluding hydrogens is 840 g/mol. The number of halogens is 3. The fourth-order valence-electron chi connectivity index (χ4n) is 8.89. The van der Waals surface area contributed by atoms with Crippen LogP contribution < -0.4 is 9.08 Å². The Balaban J connectivity index is 0.965. The van der Waals surface area contributed by atoms with E-state index in [9.17, 15) is 21.6 Å². The lowest BCUT2D eigenvalue weighted by atomic mass is 10.0. The summed E-state index contributed by atoms with van der Waals surface area (Å²) in [6, 6.07) is 72.0. The fraction of sp³-hybridized carbons (Fsp3) is 0.0182. The number of rotatable bonds is 9. The topological polar surface area (TPSA) is 56.5 Å². The number of anilines is 3. The van der Waals surface area contributed by atoms with E-state index in [0.29, 0.717) is 5.69 Å². The van der Waals surface area contributed by atoms with Crippen molar-refractivity contribution < 1.29 is 25.8 Å². The van der Waals surface area contributed by atoms with Gasteiger partial charge in [-0.25, -0.2) is 0 Å². The van der Waals surface area contributed by atoms with Crippen molar-refractivity contribution in [2.75, 3.05) is 4.90 Å². The van der Waals surface area contributed by atoms with Crippen LogP contribution in [0, 0.1) is 0 Å². The van der Waals surface area contributed by atoms with Gasteiger partial charge in [0.25, 0.3) is 0 Å². The SMILES string of the molecule is O=S(=O)(Oc1ccc(N(c2ccc(-c3ccc4c(c3)c3ccccc3n4-c3ccccc3)cc2)c2ccc(-c3ccc4c(c3)c3ccccc3n4-c3ccccc3)cc2)cc1)C(F)(F)F. The summed E-state index contributed by atoms with van der Waals surface area (Å²) < 4.78 is 72.2. The van der Waals surface area contributed by atoms with Crippen molar-refractivity contribution in [3.8, 4) is 39.4 Å². The number of para-hydroxylation sites is 4. The first kappa shape index (κ1) is 39.7. The van der Waals surface area contributed by atoms with Gasteiger partial charge < -0.3 is 18.2 Å². The Morgan fingerprint density at radius 3 is 1.15 bits per heavy atom. The van der Waals surface area contributed by atoms with E-state index in [1.165, 1.54) is 24.3 Å². The zero-order valence-corrected chi connectivity index (χ0v) is 35.2. The highest BCUT2D eigenvalue weighted by Crippen LogP contribution is 2.41. The molecule has 11 aromatic rings. The van der Waals surface area contributed by atoms with E-state index in [1.54, 1.807) is 0 Å². The molecule has 0 unspecified atom stereocenters. The standard InChI is InChI=1S/C55H36F3N3O3S/c56-55(57,58)65(62,63)64-46-31-29-45(30-32-46)59(43-25-19-37(20-26-43)39-23-33-53-49(35-39)47-15-7-9-17-51(47)60(53)41-11-3-1-4-12-41)44-27-21-38(22-28-44)40-24-34-54-50(36-40)48-16-8-10-18-52(48)61(54)42-13-5-2-6-14-42/h1-36H. The molecule has 0 aliphatic heterocycles. The molecular formula is C55H36F3N3O3S. The van der Waals surface area contributed by atoms with Crippen molar-refractivity contribution in [2.24, 2.45) is 0 Å². The van der Waals surface area contributed by atoms with Crippen LogP contribution in [0.15, 0.2) is 218 Å². The fourth-order valence-corrected chi connectivity index (χ4v) is 9.35. The lowest BCUT2D eigenvalue weighted by Gasteiger charge is -2.26. The summed E-state index contributed by atoms with van der Waals surface area (Å²) in [6.07, 6.45) is 0. The van der Waals surface area contributed by atoms with E-state index in [4.69, 9.17) is 0 Å². The molecule has 0 saturated carbocycles. The van der Waals surface area contributed by atoms with Crippen molar-refractivity contribution in [3.05, 3.63) is 218 Å². The third kappa shape index (κ3) is 7.04. The van der Waals surface area contributed by atoms with Crippen LogP contribution in [0.4, 0.5) is 30.2 Å². The summed E-state index contributed by atoms with van der Waals surface area (Å²) in [5, 5.41) is 4.55. The minimum absolute atomic E-state index is 0.454. The summed E-state index contributed by atoms with van der Waals surface area (Å²) in [7, 11) is -5.84. The van der Waals surface area contributed by atoms with Crippen molar-refractivity contribution in [1.29, 1.82) is 0 Å². The van der Waals surface area contributed by atoms with Gasteiger partial charge in [0.2, 0.25) is 0 Å². The summed E-state index contributed by atoms with van der Waals surface area (Å²) in [5.74, 6) is -0.454. The van der Waals surface area contributed by atoms with Gasteiger partial charge in [-0.1, -0.05) is 109 Å². The van der Waals surface area contributed by atoms with Gasteiger partial charge in [0, 0.05) is 50.0 Å². The second-order valence-corrected chi connectivity index (χ2v) is 17.3.